The third-order valence-corrected chi connectivity index (χ3v) is 8.13. The molecule has 13 nitrogen and oxygen atoms in total. The van der Waals surface area contributed by atoms with Crippen LogP contribution in [0, 0.1) is 0 Å². The Kier molecular flexibility index (Phi) is 12.3. The number of methoxy groups -OCH3 is 2. The van der Waals surface area contributed by atoms with E-state index < -0.39 is 29.5 Å². The lowest BCUT2D eigenvalue weighted by molar-refractivity contribution is -0.145. The molecule has 1 aliphatic heterocycles. The monoisotopic (exact) mass is 702 g/mol. The van der Waals surface area contributed by atoms with E-state index in [2.05, 4.69) is 9.73 Å². The Morgan fingerprint density at radius 3 is 2.31 bits per heavy atom. The second-order valence-electron chi connectivity index (χ2n) is 9.93. The average Bonchev–Trinajstić information content (AvgIpc) is 3.36. The normalized spacial score (nSPS) is 14.1. The number of nitrogens with zero attached hydrogens (tertiary/aromatic N) is 2. The molecule has 0 saturated carbocycles. The smallest absolute Gasteiger partial charge is 0.344 e. The van der Waals surface area contributed by atoms with Gasteiger partial charge in [0.1, 0.15) is 0 Å². The van der Waals surface area contributed by atoms with E-state index in [0.29, 0.717) is 27.4 Å². The summed E-state index contributed by atoms with van der Waals surface area (Å²) in [7, 11) is 2.67. The number of benzene rings is 2. The quantitative estimate of drug-likeness (QED) is 0.180. The Labute approximate surface area is 284 Å². The van der Waals surface area contributed by atoms with Crippen molar-refractivity contribution in [1.29, 1.82) is 0 Å². The van der Waals surface area contributed by atoms with Crippen molar-refractivity contribution in [3.05, 3.63) is 77.4 Å². The highest BCUT2D eigenvalue weighted by atomic mass is 35.5. The molecule has 3 aromatic rings. The molecule has 0 fully saturated rings. The summed E-state index contributed by atoms with van der Waals surface area (Å²) in [6, 6.07) is 7.16. The number of thiazole rings is 1. The predicted molar refractivity (Wildman–Crippen MR) is 176 cm³/mol. The molecule has 0 unspecified atom stereocenters. The van der Waals surface area contributed by atoms with Gasteiger partial charge in [0.15, 0.2) is 41.0 Å². The molecule has 2 aromatic carbocycles. The van der Waals surface area contributed by atoms with Crippen molar-refractivity contribution in [2.75, 3.05) is 47.3 Å². The molecule has 15 heteroatoms. The lowest BCUT2D eigenvalue weighted by Crippen LogP contribution is -2.40. The van der Waals surface area contributed by atoms with Crippen LogP contribution in [0.5, 0.6) is 23.0 Å². The number of rotatable bonds is 14. The van der Waals surface area contributed by atoms with Gasteiger partial charge in [-0.05, 0) is 69.2 Å². The number of esters is 3. The van der Waals surface area contributed by atoms with Crippen LogP contribution in [0.4, 0.5) is 0 Å². The lowest BCUT2D eigenvalue weighted by Gasteiger charge is -2.25. The molecule has 0 aliphatic carbocycles. The minimum Gasteiger partial charge on any atom is -0.493 e. The van der Waals surface area contributed by atoms with Crippen molar-refractivity contribution < 1.29 is 47.5 Å². The Bertz CT molecular complexity index is 1910. The van der Waals surface area contributed by atoms with Crippen molar-refractivity contribution in [3.8, 4) is 23.0 Å². The first-order valence-electron chi connectivity index (χ1n) is 14.9. The van der Waals surface area contributed by atoms with E-state index in [9.17, 15) is 19.2 Å². The number of fused-ring (bicyclic) bond motifs is 1. The fourth-order valence-corrected chi connectivity index (χ4v) is 6.15. The summed E-state index contributed by atoms with van der Waals surface area (Å²) in [5.41, 5.74) is 1.15. The molecule has 0 bridgehead atoms. The van der Waals surface area contributed by atoms with Gasteiger partial charge in [-0.3, -0.25) is 9.36 Å². The number of carbonyl (C=O) groups is 3. The van der Waals surface area contributed by atoms with Gasteiger partial charge in [-0.2, -0.15) is 0 Å². The van der Waals surface area contributed by atoms with Gasteiger partial charge in [0.2, 0.25) is 0 Å². The van der Waals surface area contributed by atoms with Crippen LogP contribution in [-0.2, 0) is 28.6 Å². The SMILES string of the molecule is CCOC(=O)COc1c(Cl)cc(/C=c2\sc3n(c2=O)[C@H](c2ccc(OCC(=O)OC)c(OCC)c2)C(C(=O)OCC)=C(C)N=3)cc1OC. The summed E-state index contributed by atoms with van der Waals surface area (Å²) in [6.07, 6.45) is 1.61. The summed E-state index contributed by atoms with van der Waals surface area (Å²) in [5.74, 6) is -0.814. The molecule has 0 saturated heterocycles. The van der Waals surface area contributed by atoms with Gasteiger partial charge in [0.25, 0.3) is 5.56 Å². The zero-order valence-corrected chi connectivity index (χ0v) is 28.8. The summed E-state index contributed by atoms with van der Waals surface area (Å²) in [6.45, 7) is 6.71. The Morgan fingerprint density at radius 2 is 1.65 bits per heavy atom. The Morgan fingerprint density at radius 1 is 0.917 bits per heavy atom. The maximum absolute atomic E-state index is 14.1. The lowest BCUT2D eigenvalue weighted by atomic mass is 9.95. The van der Waals surface area contributed by atoms with Crippen LogP contribution >= 0.6 is 22.9 Å². The molecule has 0 amide bonds. The summed E-state index contributed by atoms with van der Waals surface area (Å²) >= 11 is 7.63. The maximum atomic E-state index is 14.1. The molecule has 0 N–H and O–H groups in total. The van der Waals surface area contributed by atoms with Crippen molar-refractivity contribution in [3.63, 3.8) is 0 Å². The van der Waals surface area contributed by atoms with E-state index in [1.54, 1.807) is 64.1 Å². The number of hydrogen-bond donors (Lipinski definition) is 0. The average molecular weight is 703 g/mol. The van der Waals surface area contributed by atoms with Gasteiger partial charge >= 0.3 is 17.9 Å². The fraction of sp³-hybridized carbons (Fsp3) is 0.364. The summed E-state index contributed by atoms with van der Waals surface area (Å²) < 4.78 is 39.1. The first kappa shape index (κ1) is 36.0. The molecular formula is C33H35ClN2O11S. The number of allylic oxidation sites excluding steroid dienone is 1. The molecule has 1 aliphatic rings. The third-order valence-electron chi connectivity index (χ3n) is 6.86. The van der Waals surface area contributed by atoms with E-state index in [0.717, 1.165) is 11.3 Å². The molecule has 256 valence electrons. The Hall–Kier alpha value is -4.82. The zero-order chi connectivity index (χ0) is 35.0. The van der Waals surface area contributed by atoms with E-state index in [4.69, 9.17) is 40.0 Å². The Balaban J connectivity index is 1.84. The van der Waals surface area contributed by atoms with Crippen molar-refractivity contribution >= 4 is 46.9 Å². The van der Waals surface area contributed by atoms with Gasteiger partial charge < -0.3 is 33.2 Å². The molecule has 1 aromatic heterocycles. The highest BCUT2D eigenvalue weighted by Crippen LogP contribution is 2.38. The molecule has 48 heavy (non-hydrogen) atoms. The highest BCUT2D eigenvalue weighted by molar-refractivity contribution is 7.07. The standard InChI is InChI=1S/C33H35ClN2O11S/c1-7-43-23-15-20(10-11-22(23)46-16-26(37)42-6)29-28(32(40)45-9-3)18(4)35-33-36(29)31(39)25(48-33)14-19-12-21(34)30(24(13-19)41-5)47-17-27(38)44-8-2/h10-15,29H,7-9,16-17H2,1-6H3/b25-14-/t29-/m1/s1. The molecule has 4 rings (SSSR count). The molecular weight excluding hydrogens is 668 g/mol. The molecule has 1 atom stereocenters. The van der Waals surface area contributed by atoms with Crippen LogP contribution < -0.4 is 33.8 Å². The van der Waals surface area contributed by atoms with Crippen molar-refractivity contribution in [1.82, 2.24) is 4.57 Å². The molecule has 2 heterocycles. The number of ether oxygens (including phenoxy) is 7. The number of hydrogen-bond acceptors (Lipinski definition) is 13. The summed E-state index contributed by atoms with van der Waals surface area (Å²) in [5, 5.41) is 0.147. The minimum absolute atomic E-state index is 0.110. The van der Waals surface area contributed by atoms with Crippen LogP contribution in [0.2, 0.25) is 5.02 Å². The van der Waals surface area contributed by atoms with Crippen molar-refractivity contribution in [2.24, 2.45) is 4.99 Å². The molecule has 0 spiro atoms. The number of carbonyl (C=O) groups excluding carboxylic acids is 3. The van der Waals surface area contributed by atoms with Crippen molar-refractivity contribution in [2.45, 2.75) is 33.7 Å². The van der Waals surface area contributed by atoms with E-state index in [-0.39, 0.29) is 65.4 Å². The van der Waals surface area contributed by atoms with Crippen LogP contribution in [0.1, 0.15) is 44.9 Å². The van der Waals surface area contributed by atoms with E-state index in [1.807, 2.05) is 0 Å². The second-order valence-corrected chi connectivity index (χ2v) is 11.4. The highest BCUT2D eigenvalue weighted by Gasteiger charge is 2.34. The van der Waals surface area contributed by atoms with Gasteiger partial charge in [-0.1, -0.05) is 29.0 Å². The van der Waals surface area contributed by atoms with Crippen LogP contribution in [0.15, 0.2) is 51.4 Å². The number of aromatic nitrogens is 1. The van der Waals surface area contributed by atoms with Gasteiger partial charge in [-0.15, -0.1) is 0 Å². The first-order valence-corrected chi connectivity index (χ1v) is 16.1. The zero-order valence-electron chi connectivity index (χ0n) is 27.2. The maximum Gasteiger partial charge on any atom is 0.344 e. The fourth-order valence-electron chi connectivity index (χ4n) is 4.83. The number of halogens is 1. The second kappa shape index (κ2) is 16.3. The van der Waals surface area contributed by atoms with E-state index in [1.165, 1.54) is 18.8 Å². The third kappa shape index (κ3) is 8.00. The van der Waals surface area contributed by atoms with Crippen LogP contribution in [0.25, 0.3) is 6.08 Å². The predicted octanol–water partition coefficient (Wildman–Crippen LogP) is 3.35. The van der Waals surface area contributed by atoms with Gasteiger partial charge in [-0.25, -0.2) is 19.4 Å². The first-order chi connectivity index (χ1) is 23.1. The summed E-state index contributed by atoms with van der Waals surface area (Å²) in [4.78, 5) is 55.9. The van der Waals surface area contributed by atoms with Gasteiger partial charge in [0.05, 0.1) is 60.9 Å². The topological polar surface area (TPSA) is 150 Å². The largest absolute Gasteiger partial charge is 0.493 e. The van der Waals surface area contributed by atoms with Gasteiger partial charge in [0, 0.05) is 0 Å². The minimum atomic E-state index is -0.937. The van der Waals surface area contributed by atoms with Crippen LogP contribution in [0.3, 0.4) is 0 Å². The van der Waals surface area contributed by atoms with Crippen LogP contribution in [-0.4, -0.2) is 69.7 Å². The molecule has 0 radical (unpaired) electrons. The van der Waals surface area contributed by atoms with E-state index >= 15 is 0 Å².